The average molecular weight is 305 g/mol. The van der Waals surface area contributed by atoms with Crippen LogP contribution >= 0.6 is 0 Å². The van der Waals surface area contributed by atoms with Gasteiger partial charge in [0.1, 0.15) is 5.75 Å². The number of methoxy groups -OCH3 is 1. The smallest absolute Gasteiger partial charge is 0.227 e. The highest BCUT2D eigenvalue weighted by Gasteiger charge is 2.32. The molecule has 2 rings (SSSR count). The molecule has 1 unspecified atom stereocenters. The summed E-state index contributed by atoms with van der Waals surface area (Å²) in [7, 11) is 1.64. The van der Waals surface area contributed by atoms with Crippen LogP contribution in [-0.4, -0.2) is 30.3 Å². The van der Waals surface area contributed by atoms with E-state index in [0.717, 1.165) is 24.2 Å². The Morgan fingerprint density at radius 2 is 1.91 bits per heavy atom. The largest absolute Gasteiger partial charge is 0.497 e. The number of aliphatic hydroxyl groups is 1. The molecule has 122 valence electrons. The van der Waals surface area contributed by atoms with Crippen LogP contribution in [0.2, 0.25) is 0 Å². The van der Waals surface area contributed by atoms with Crippen LogP contribution in [0.25, 0.3) is 0 Å². The Morgan fingerprint density at radius 3 is 2.41 bits per heavy atom. The van der Waals surface area contributed by atoms with Gasteiger partial charge < -0.3 is 15.2 Å². The lowest BCUT2D eigenvalue weighted by molar-refractivity contribution is -0.124. The summed E-state index contributed by atoms with van der Waals surface area (Å²) in [5.74, 6) is 1.05. The molecule has 2 N–H and O–H groups in total. The first-order chi connectivity index (χ1) is 10.4. The van der Waals surface area contributed by atoms with Gasteiger partial charge in [-0.1, -0.05) is 25.0 Å². The molecule has 1 aliphatic rings. The molecule has 1 fully saturated rings. The number of benzene rings is 1. The van der Waals surface area contributed by atoms with Gasteiger partial charge in [0.15, 0.2) is 0 Å². The van der Waals surface area contributed by atoms with E-state index < -0.39 is 5.60 Å². The van der Waals surface area contributed by atoms with Crippen molar-refractivity contribution in [3.8, 4) is 5.75 Å². The number of carbonyl (C=O) groups is 1. The second kappa shape index (κ2) is 7.14. The van der Waals surface area contributed by atoms with Crippen LogP contribution in [0.3, 0.4) is 0 Å². The standard InChI is InChI=1S/C18H27NO3/c1-18(2,21)12-19-17(20)16(13-6-4-5-7-13)14-8-10-15(22-3)11-9-14/h8-11,13,16,21H,4-7,12H2,1-3H3,(H,19,20). The van der Waals surface area contributed by atoms with E-state index in [1.165, 1.54) is 12.8 Å². The third-order valence-electron chi connectivity index (χ3n) is 4.32. The van der Waals surface area contributed by atoms with Crippen molar-refractivity contribution < 1.29 is 14.6 Å². The van der Waals surface area contributed by atoms with Crippen molar-refractivity contribution in [3.05, 3.63) is 29.8 Å². The first-order valence-electron chi connectivity index (χ1n) is 8.05. The van der Waals surface area contributed by atoms with E-state index in [1.807, 2.05) is 24.3 Å². The Balaban J connectivity index is 2.16. The lowest BCUT2D eigenvalue weighted by atomic mass is 9.84. The zero-order valence-electron chi connectivity index (χ0n) is 13.8. The second-order valence-corrected chi connectivity index (χ2v) is 6.83. The molecule has 1 saturated carbocycles. The van der Waals surface area contributed by atoms with Crippen LogP contribution in [0.1, 0.15) is 51.0 Å². The van der Waals surface area contributed by atoms with Gasteiger partial charge in [-0.3, -0.25) is 4.79 Å². The molecule has 4 heteroatoms. The van der Waals surface area contributed by atoms with Crippen LogP contribution in [0.15, 0.2) is 24.3 Å². The van der Waals surface area contributed by atoms with Gasteiger partial charge in [-0.05, 0) is 50.3 Å². The molecule has 1 aromatic carbocycles. The fraction of sp³-hybridized carbons (Fsp3) is 0.611. The van der Waals surface area contributed by atoms with Gasteiger partial charge in [0.05, 0.1) is 18.6 Å². The topological polar surface area (TPSA) is 58.6 Å². The molecule has 1 aromatic rings. The number of ether oxygens (including phenoxy) is 1. The molecule has 0 saturated heterocycles. The molecule has 1 atom stereocenters. The van der Waals surface area contributed by atoms with E-state index in [-0.39, 0.29) is 18.4 Å². The molecular weight excluding hydrogens is 278 g/mol. The summed E-state index contributed by atoms with van der Waals surface area (Å²) < 4.78 is 5.19. The molecule has 0 radical (unpaired) electrons. The van der Waals surface area contributed by atoms with E-state index in [4.69, 9.17) is 4.74 Å². The zero-order chi connectivity index (χ0) is 16.2. The van der Waals surface area contributed by atoms with Crippen LogP contribution in [-0.2, 0) is 4.79 Å². The van der Waals surface area contributed by atoms with Crippen molar-refractivity contribution >= 4 is 5.91 Å². The summed E-state index contributed by atoms with van der Waals surface area (Å²) in [6.45, 7) is 3.67. The quantitative estimate of drug-likeness (QED) is 0.849. The van der Waals surface area contributed by atoms with Crippen LogP contribution < -0.4 is 10.1 Å². The number of carbonyl (C=O) groups excluding carboxylic acids is 1. The van der Waals surface area contributed by atoms with Crippen LogP contribution in [0, 0.1) is 5.92 Å². The number of hydrogen-bond donors (Lipinski definition) is 2. The van der Waals surface area contributed by atoms with Crippen molar-refractivity contribution in [3.63, 3.8) is 0 Å². The lowest BCUT2D eigenvalue weighted by Crippen LogP contribution is -2.41. The van der Waals surface area contributed by atoms with Crippen molar-refractivity contribution in [1.82, 2.24) is 5.32 Å². The lowest BCUT2D eigenvalue weighted by Gasteiger charge is -2.25. The zero-order valence-corrected chi connectivity index (χ0v) is 13.8. The highest BCUT2D eigenvalue weighted by Crippen LogP contribution is 2.38. The molecule has 0 spiro atoms. The second-order valence-electron chi connectivity index (χ2n) is 6.83. The van der Waals surface area contributed by atoms with E-state index in [1.54, 1.807) is 21.0 Å². The molecule has 1 aliphatic carbocycles. The van der Waals surface area contributed by atoms with Crippen LogP contribution in [0.4, 0.5) is 0 Å². The Morgan fingerprint density at radius 1 is 1.32 bits per heavy atom. The van der Waals surface area contributed by atoms with Crippen molar-refractivity contribution in [2.24, 2.45) is 5.92 Å². The summed E-state index contributed by atoms with van der Waals surface area (Å²) in [4.78, 5) is 12.7. The predicted molar refractivity (Wildman–Crippen MR) is 87.0 cm³/mol. The van der Waals surface area contributed by atoms with Gasteiger partial charge in [-0.2, -0.15) is 0 Å². The minimum Gasteiger partial charge on any atom is -0.497 e. The molecule has 0 aliphatic heterocycles. The van der Waals surface area contributed by atoms with Crippen molar-refractivity contribution in [2.75, 3.05) is 13.7 Å². The Hall–Kier alpha value is -1.55. The average Bonchev–Trinajstić information content (AvgIpc) is 2.99. The summed E-state index contributed by atoms with van der Waals surface area (Å²) >= 11 is 0. The van der Waals surface area contributed by atoms with Gasteiger partial charge in [0.2, 0.25) is 5.91 Å². The van der Waals surface area contributed by atoms with Gasteiger partial charge in [-0.25, -0.2) is 0 Å². The number of rotatable bonds is 6. The minimum atomic E-state index is -0.893. The third kappa shape index (κ3) is 4.47. The molecule has 1 amide bonds. The van der Waals surface area contributed by atoms with E-state index in [0.29, 0.717) is 5.92 Å². The maximum atomic E-state index is 12.7. The van der Waals surface area contributed by atoms with Crippen molar-refractivity contribution in [2.45, 2.75) is 51.0 Å². The summed E-state index contributed by atoms with van der Waals surface area (Å²) in [6.07, 6.45) is 4.56. The first kappa shape index (κ1) is 16.8. The van der Waals surface area contributed by atoms with Gasteiger partial charge >= 0.3 is 0 Å². The SMILES string of the molecule is COc1ccc(C(C(=O)NCC(C)(C)O)C2CCCC2)cc1. The highest BCUT2D eigenvalue weighted by atomic mass is 16.5. The first-order valence-corrected chi connectivity index (χ1v) is 8.05. The van der Waals surface area contributed by atoms with E-state index in [2.05, 4.69) is 5.32 Å². The maximum absolute atomic E-state index is 12.7. The maximum Gasteiger partial charge on any atom is 0.227 e. The summed E-state index contributed by atoms with van der Waals surface area (Å²) in [6, 6.07) is 7.76. The molecular formula is C18H27NO3. The van der Waals surface area contributed by atoms with E-state index in [9.17, 15) is 9.90 Å². The van der Waals surface area contributed by atoms with Crippen LogP contribution in [0.5, 0.6) is 5.75 Å². The fourth-order valence-electron chi connectivity index (χ4n) is 3.15. The Labute approximate surface area is 132 Å². The predicted octanol–water partition coefficient (Wildman–Crippen LogP) is 2.86. The van der Waals surface area contributed by atoms with Gasteiger partial charge in [-0.15, -0.1) is 0 Å². The molecule has 0 heterocycles. The Kier molecular flexibility index (Phi) is 5.46. The number of nitrogens with one attached hydrogen (secondary N) is 1. The molecule has 0 bridgehead atoms. The summed E-state index contributed by atoms with van der Waals surface area (Å²) in [5.41, 5.74) is 0.136. The summed E-state index contributed by atoms with van der Waals surface area (Å²) in [5, 5.41) is 12.7. The molecule has 22 heavy (non-hydrogen) atoms. The van der Waals surface area contributed by atoms with Gasteiger partial charge in [0.25, 0.3) is 0 Å². The monoisotopic (exact) mass is 305 g/mol. The third-order valence-corrected chi connectivity index (χ3v) is 4.32. The van der Waals surface area contributed by atoms with Crippen molar-refractivity contribution in [1.29, 1.82) is 0 Å². The fourth-order valence-corrected chi connectivity index (χ4v) is 3.15. The highest BCUT2D eigenvalue weighted by molar-refractivity contribution is 5.84. The molecule has 0 aromatic heterocycles. The minimum absolute atomic E-state index is 0.0131. The Bertz CT molecular complexity index is 484. The number of hydrogen-bond acceptors (Lipinski definition) is 3. The van der Waals surface area contributed by atoms with E-state index >= 15 is 0 Å². The molecule has 4 nitrogen and oxygen atoms in total. The normalized spacial score (nSPS) is 17.3. The van der Waals surface area contributed by atoms with Gasteiger partial charge in [0, 0.05) is 6.54 Å². The number of amides is 1.